The SMILES string of the molecule is CC1CC2CCC=C[C@]2(C)C2=CC[C@@]3(C)[C@@H](CCC3(O)O)[C@@H]21. The van der Waals surface area contributed by atoms with E-state index in [1.165, 1.54) is 19.3 Å². The van der Waals surface area contributed by atoms with Crippen LogP contribution >= 0.6 is 0 Å². The maximum Gasteiger partial charge on any atom is 0.168 e. The summed E-state index contributed by atoms with van der Waals surface area (Å²) < 4.78 is 0. The van der Waals surface area contributed by atoms with Crippen molar-refractivity contribution in [3.05, 3.63) is 23.8 Å². The van der Waals surface area contributed by atoms with Crippen LogP contribution in [0, 0.1) is 34.5 Å². The Morgan fingerprint density at radius 2 is 1.95 bits per heavy atom. The molecular formula is C20H30O2. The minimum absolute atomic E-state index is 0.215. The molecule has 22 heavy (non-hydrogen) atoms. The molecule has 4 rings (SSSR count). The molecule has 0 radical (unpaired) electrons. The molecule has 2 N–H and O–H groups in total. The van der Waals surface area contributed by atoms with Gasteiger partial charge >= 0.3 is 0 Å². The van der Waals surface area contributed by atoms with Gasteiger partial charge in [0.25, 0.3) is 0 Å². The third-order valence-electron chi connectivity index (χ3n) is 7.96. The summed E-state index contributed by atoms with van der Waals surface area (Å²) in [6.45, 7) is 6.94. The first-order valence-electron chi connectivity index (χ1n) is 9.12. The lowest BCUT2D eigenvalue weighted by Gasteiger charge is -2.57. The van der Waals surface area contributed by atoms with Crippen molar-refractivity contribution in [2.24, 2.45) is 34.5 Å². The molecule has 2 saturated carbocycles. The quantitative estimate of drug-likeness (QED) is 0.523. The molecule has 4 aliphatic carbocycles. The van der Waals surface area contributed by atoms with Gasteiger partial charge in [0.1, 0.15) is 0 Å². The van der Waals surface area contributed by atoms with Gasteiger partial charge in [-0.05, 0) is 55.8 Å². The third kappa shape index (κ3) is 1.69. The summed E-state index contributed by atoms with van der Waals surface area (Å²) in [6.07, 6.45) is 13.4. The predicted octanol–water partition coefficient (Wildman–Crippen LogP) is 4.04. The normalized spacial score (nSPS) is 52.5. The van der Waals surface area contributed by atoms with E-state index >= 15 is 0 Å². The Labute approximate surface area is 134 Å². The Kier molecular flexibility index (Phi) is 3.05. The number of hydrogen-bond acceptors (Lipinski definition) is 2. The summed E-state index contributed by atoms with van der Waals surface area (Å²) in [6, 6.07) is 0. The summed E-state index contributed by atoms with van der Waals surface area (Å²) in [7, 11) is 0. The van der Waals surface area contributed by atoms with Gasteiger partial charge in [0, 0.05) is 17.3 Å². The Morgan fingerprint density at radius 1 is 1.18 bits per heavy atom. The highest BCUT2D eigenvalue weighted by atomic mass is 16.5. The van der Waals surface area contributed by atoms with E-state index in [0.29, 0.717) is 24.2 Å². The number of hydrogen-bond donors (Lipinski definition) is 2. The molecule has 0 aromatic rings. The molecule has 0 heterocycles. The van der Waals surface area contributed by atoms with Gasteiger partial charge < -0.3 is 10.2 Å². The zero-order valence-electron chi connectivity index (χ0n) is 14.2. The van der Waals surface area contributed by atoms with Gasteiger partial charge in [-0.2, -0.15) is 0 Å². The number of aliphatic hydroxyl groups is 2. The molecule has 0 bridgehead atoms. The molecule has 0 aromatic heterocycles. The maximum absolute atomic E-state index is 10.5. The van der Waals surface area contributed by atoms with E-state index in [4.69, 9.17) is 0 Å². The van der Waals surface area contributed by atoms with Gasteiger partial charge in [0.05, 0.1) is 0 Å². The van der Waals surface area contributed by atoms with E-state index in [1.807, 2.05) is 0 Å². The van der Waals surface area contributed by atoms with Crippen LogP contribution in [0.15, 0.2) is 23.8 Å². The van der Waals surface area contributed by atoms with E-state index in [-0.39, 0.29) is 10.8 Å². The minimum Gasteiger partial charge on any atom is -0.365 e. The van der Waals surface area contributed by atoms with Gasteiger partial charge in [-0.1, -0.05) is 44.6 Å². The lowest BCUT2D eigenvalue weighted by Crippen LogP contribution is -2.53. The molecule has 122 valence electrons. The van der Waals surface area contributed by atoms with Crippen molar-refractivity contribution in [3.63, 3.8) is 0 Å². The second-order valence-electron chi connectivity index (χ2n) is 8.94. The number of rotatable bonds is 0. The Bertz CT molecular complexity index is 546. The first kappa shape index (κ1) is 15.0. The highest BCUT2D eigenvalue weighted by Gasteiger charge is 2.62. The van der Waals surface area contributed by atoms with Crippen LogP contribution in [0.25, 0.3) is 0 Å². The molecule has 0 aliphatic heterocycles. The second-order valence-corrected chi connectivity index (χ2v) is 8.94. The topological polar surface area (TPSA) is 40.5 Å². The van der Waals surface area contributed by atoms with Crippen molar-refractivity contribution < 1.29 is 10.2 Å². The van der Waals surface area contributed by atoms with E-state index < -0.39 is 5.79 Å². The van der Waals surface area contributed by atoms with Gasteiger partial charge in [-0.15, -0.1) is 0 Å². The summed E-state index contributed by atoms with van der Waals surface area (Å²) in [5.41, 5.74) is 1.47. The molecule has 2 unspecified atom stereocenters. The average Bonchev–Trinajstić information content (AvgIpc) is 2.70. The molecule has 2 fully saturated rings. The van der Waals surface area contributed by atoms with Crippen LogP contribution in [0.3, 0.4) is 0 Å². The fourth-order valence-electron chi connectivity index (χ4n) is 6.46. The predicted molar refractivity (Wildman–Crippen MR) is 87.9 cm³/mol. The van der Waals surface area contributed by atoms with Crippen LogP contribution in [0.1, 0.15) is 59.3 Å². The van der Waals surface area contributed by atoms with Crippen molar-refractivity contribution in [2.75, 3.05) is 0 Å². The van der Waals surface area contributed by atoms with Gasteiger partial charge in [0.15, 0.2) is 5.79 Å². The Morgan fingerprint density at radius 3 is 2.73 bits per heavy atom. The lowest BCUT2D eigenvalue weighted by molar-refractivity contribution is -0.234. The zero-order valence-corrected chi connectivity index (χ0v) is 14.2. The second kappa shape index (κ2) is 4.48. The third-order valence-corrected chi connectivity index (χ3v) is 7.96. The average molecular weight is 302 g/mol. The maximum atomic E-state index is 10.5. The zero-order chi connectivity index (χ0) is 15.8. The molecule has 0 spiro atoms. The molecule has 2 nitrogen and oxygen atoms in total. The lowest BCUT2D eigenvalue weighted by atomic mass is 9.48. The highest BCUT2D eigenvalue weighted by Crippen LogP contribution is 2.66. The summed E-state index contributed by atoms with van der Waals surface area (Å²) in [5, 5.41) is 21.1. The van der Waals surface area contributed by atoms with Crippen LogP contribution < -0.4 is 0 Å². The first-order chi connectivity index (χ1) is 10.3. The van der Waals surface area contributed by atoms with Crippen LogP contribution in [0.4, 0.5) is 0 Å². The molecule has 0 amide bonds. The Hall–Kier alpha value is -0.600. The number of fused-ring (bicyclic) bond motifs is 5. The van der Waals surface area contributed by atoms with Crippen LogP contribution in [0.2, 0.25) is 0 Å². The standard InChI is InChI=1S/C20H30O2/c1-13-12-14-6-4-5-9-18(14,2)15-7-10-19(3)16(17(13)15)8-11-20(19,21)22/h5,7,9,13-14,16-17,21-22H,4,6,8,10-12H2,1-3H3/t13?,14?,16-,17+,18-,19-/m0/s1. The fourth-order valence-corrected chi connectivity index (χ4v) is 6.46. The van der Waals surface area contributed by atoms with Crippen molar-refractivity contribution in [2.45, 2.75) is 65.1 Å². The molecule has 0 aromatic carbocycles. The summed E-state index contributed by atoms with van der Waals surface area (Å²) >= 11 is 0. The fraction of sp³-hybridized carbons (Fsp3) is 0.800. The van der Waals surface area contributed by atoms with Crippen LogP contribution in [0.5, 0.6) is 0 Å². The molecule has 6 atom stereocenters. The van der Waals surface area contributed by atoms with Crippen molar-refractivity contribution in [1.29, 1.82) is 0 Å². The van der Waals surface area contributed by atoms with Crippen molar-refractivity contribution in [3.8, 4) is 0 Å². The Balaban J connectivity index is 1.81. The van der Waals surface area contributed by atoms with Gasteiger partial charge in [-0.25, -0.2) is 0 Å². The first-order valence-corrected chi connectivity index (χ1v) is 9.12. The molecule has 0 saturated heterocycles. The van der Waals surface area contributed by atoms with Gasteiger partial charge in [-0.3, -0.25) is 0 Å². The van der Waals surface area contributed by atoms with E-state index in [0.717, 1.165) is 18.8 Å². The van der Waals surface area contributed by atoms with E-state index in [2.05, 4.69) is 39.0 Å². The van der Waals surface area contributed by atoms with E-state index in [9.17, 15) is 10.2 Å². The summed E-state index contributed by atoms with van der Waals surface area (Å²) in [4.78, 5) is 0. The van der Waals surface area contributed by atoms with Crippen LogP contribution in [-0.2, 0) is 0 Å². The minimum atomic E-state index is -1.49. The van der Waals surface area contributed by atoms with Gasteiger partial charge in [0.2, 0.25) is 0 Å². The summed E-state index contributed by atoms with van der Waals surface area (Å²) in [5.74, 6) is 0.900. The van der Waals surface area contributed by atoms with Crippen molar-refractivity contribution >= 4 is 0 Å². The monoisotopic (exact) mass is 302 g/mol. The number of allylic oxidation sites excluding steroid dienone is 4. The van der Waals surface area contributed by atoms with Crippen molar-refractivity contribution in [1.82, 2.24) is 0 Å². The van der Waals surface area contributed by atoms with E-state index in [1.54, 1.807) is 5.57 Å². The molecule has 4 aliphatic rings. The highest BCUT2D eigenvalue weighted by molar-refractivity contribution is 5.34. The molecule has 2 heteroatoms. The largest absolute Gasteiger partial charge is 0.365 e. The molecular weight excluding hydrogens is 272 g/mol. The van der Waals surface area contributed by atoms with Crippen LogP contribution in [-0.4, -0.2) is 16.0 Å². The smallest absolute Gasteiger partial charge is 0.168 e.